The van der Waals surface area contributed by atoms with Crippen LogP contribution in [0.1, 0.15) is 44.6 Å². The lowest BCUT2D eigenvalue weighted by atomic mass is 9.92. The molecule has 1 saturated carbocycles. The first-order valence-corrected chi connectivity index (χ1v) is 7.83. The van der Waals surface area contributed by atoms with Crippen molar-refractivity contribution in [2.75, 3.05) is 0 Å². The van der Waals surface area contributed by atoms with Crippen molar-refractivity contribution in [2.45, 2.75) is 51.8 Å². The van der Waals surface area contributed by atoms with Crippen LogP contribution in [0.15, 0.2) is 10.6 Å². The third-order valence-electron chi connectivity index (χ3n) is 3.33. The Morgan fingerprint density at radius 3 is 2.78 bits per heavy atom. The number of rotatable bonds is 4. The second-order valence-electron chi connectivity index (χ2n) is 5.91. The molecule has 0 radical (unpaired) electrons. The molecule has 0 bridgehead atoms. The molecule has 102 valence electrons. The van der Waals surface area contributed by atoms with Crippen LogP contribution in [-0.2, 0) is 15.8 Å². The second kappa shape index (κ2) is 4.66. The zero-order valence-corrected chi connectivity index (χ0v) is 11.9. The standard InChI is InChI=1S/C12H20N2O3S/c1-9-6-11(13-17-9)8-18(15,16)14-10-4-5-12(2,3)7-10/h6,10,14H,4-5,7-8H2,1-3H3. The highest BCUT2D eigenvalue weighted by molar-refractivity contribution is 7.88. The van der Waals surface area contributed by atoms with E-state index in [1.807, 2.05) is 0 Å². The van der Waals surface area contributed by atoms with Gasteiger partial charge in [-0.25, -0.2) is 13.1 Å². The molecule has 0 saturated heterocycles. The first-order chi connectivity index (χ1) is 8.26. The largest absolute Gasteiger partial charge is 0.361 e. The first kappa shape index (κ1) is 13.5. The van der Waals surface area contributed by atoms with Gasteiger partial charge in [-0.1, -0.05) is 19.0 Å². The molecule has 5 nitrogen and oxygen atoms in total. The van der Waals surface area contributed by atoms with Crippen molar-refractivity contribution in [3.63, 3.8) is 0 Å². The summed E-state index contributed by atoms with van der Waals surface area (Å²) in [6.45, 7) is 6.08. The van der Waals surface area contributed by atoms with Crippen molar-refractivity contribution in [1.82, 2.24) is 9.88 Å². The Morgan fingerprint density at radius 1 is 1.56 bits per heavy atom. The summed E-state index contributed by atoms with van der Waals surface area (Å²) in [7, 11) is -3.33. The van der Waals surface area contributed by atoms with Gasteiger partial charge in [0.2, 0.25) is 10.0 Å². The van der Waals surface area contributed by atoms with Crippen molar-refractivity contribution in [3.8, 4) is 0 Å². The van der Waals surface area contributed by atoms with Gasteiger partial charge in [0.1, 0.15) is 17.2 Å². The van der Waals surface area contributed by atoms with Gasteiger partial charge in [0, 0.05) is 12.1 Å². The zero-order valence-electron chi connectivity index (χ0n) is 11.1. The fraction of sp³-hybridized carbons (Fsp3) is 0.750. The molecule has 6 heteroatoms. The fourth-order valence-electron chi connectivity index (χ4n) is 2.51. The predicted molar refractivity (Wildman–Crippen MR) is 68.4 cm³/mol. The summed E-state index contributed by atoms with van der Waals surface area (Å²) in [5.74, 6) is 0.517. The maximum absolute atomic E-state index is 12.0. The summed E-state index contributed by atoms with van der Waals surface area (Å²) in [5, 5.41) is 3.71. The highest BCUT2D eigenvalue weighted by atomic mass is 32.2. The van der Waals surface area contributed by atoms with E-state index >= 15 is 0 Å². The van der Waals surface area contributed by atoms with E-state index in [4.69, 9.17) is 4.52 Å². The normalized spacial score (nSPS) is 23.4. The van der Waals surface area contributed by atoms with Gasteiger partial charge in [-0.2, -0.15) is 0 Å². The number of sulfonamides is 1. The number of aromatic nitrogens is 1. The van der Waals surface area contributed by atoms with Crippen LogP contribution in [0.4, 0.5) is 0 Å². The van der Waals surface area contributed by atoms with Gasteiger partial charge in [-0.3, -0.25) is 0 Å². The van der Waals surface area contributed by atoms with Crippen molar-refractivity contribution in [1.29, 1.82) is 0 Å². The van der Waals surface area contributed by atoms with E-state index in [0.717, 1.165) is 19.3 Å². The zero-order chi connectivity index (χ0) is 13.4. The molecule has 1 atom stereocenters. The van der Waals surface area contributed by atoms with Crippen LogP contribution in [0, 0.1) is 12.3 Å². The Morgan fingerprint density at radius 2 is 2.28 bits per heavy atom. The summed E-state index contributed by atoms with van der Waals surface area (Å²) < 4.78 is 31.6. The molecule has 1 aromatic rings. The molecule has 18 heavy (non-hydrogen) atoms. The topological polar surface area (TPSA) is 72.2 Å². The van der Waals surface area contributed by atoms with E-state index < -0.39 is 10.0 Å². The number of hydrogen-bond donors (Lipinski definition) is 1. The minimum atomic E-state index is -3.33. The highest BCUT2D eigenvalue weighted by Crippen LogP contribution is 2.37. The van der Waals surface area contributed by atoms with Crippen LogP contribution in [-0.4, -0.2) is 19.6 Å². The van der Waals surface area contributed by atoms with E-state index in [9.17, 15) is 8.42 Å². The molecule has 1 heterocycles. The average Bonchev–Trinajstić information content (AvgIpc) is 2.71. The van der Waals surface area contributed by atoms with Crippen LogP contribution >= 0.6 is 0 Å². The van der Waals surface area contributed by atoms with Gasteiger partial charge in [0.25, 0.3) is 0 Å². The quantitative estimate of drug-likeness (QED) is 0.909. The highest BCUT2D eigenvalue weighted by Gasteiger charge is 2.33. The van der Waals surface area contributed by atoms with Crippen LogP contribution in [0.5, 0.6) is 0 Å². The van der Waals surface area contributed by atoms with Crippen molar-refractivity contribution < 1.29 is 12.9 Å². The maximum atomic E-state index is 12.0. The molecule has 2 rings (SSSR count). The fourth-order valence-corrected chi connectivity index (χ4v) is 3.83. The Bertz CT molecular complexity index is 519. The number of nitrogens with zero attached hydrogens (tertiary/aromatic N) is 1. The molecular weight excluding hydrogens is 252 g/mol. The van der Waals surface area contributed by atoms with E-state index in [2.05, 4.69) is 23.7 Å². The minimum Gasteiger partial charge on any atom is -0.361 e. The lowest BCUT2D eigenvalue weighted by molar-refractivity contribution is 0.372. The molecule has 1 aliphatic rings. The van der Waals surface area contributed by atoms with Crippen molar-refractivity contribution >= 4 is 10.0 Å². The Hall–Kier alpha value is -0.880. The lowest BCUT2D eigenvalue weighted by Crippen LogP contribution is -2.34. The summed E-state index contributed by atoms with van der Waals surface area (Å²) >= 11 is 0. The summed E-state index contributed by atoms with van der Waals surface area (Å²) in [4.78, 5) is 0. The lowest BCUT2D eigenvalue weighted by Gasteiger charge is -2.17. The molecule has 0 spiro atoms. The monoisotopic (exact) mass is 272 g/mol. The van der Waals surface area contributed by atoms with Gasteiger partial charge < -0.3 is 4.52 Å². The second-order valence-corrected chi connectivity index (χ2v) is 7.66. The molecule has 1 aromatic heterocycles. The SMILES string of the molecule is Cc1cc(CS(=O)(=O)NC2CCC(C)(C)C2)no1. The summed E-state index contributed by atoms with van der Waals surface area (Å²) in [5.41, 5.74) is 0.690. The minimum absolute atomic E-state index is 0.0537. The van der Waals surface area contributed by atoms with Crippen LogP contribution in [0.3, 0.4) is 0 Å². The van der Waals surface area contributed by atoms with Gasteiger partial charge in [0.15, 0.2) is 0 Å². The van der Waals surface area contributed by atoms with E-state index in [-0.39, 0.29) is 17.2 Å². The molecule has 1 fully saturated rings. The van der Waals surface area contributed by atoms with E-state index in [1.54, 1.807) is 13.0 Å². The molecule has 1 aliphatic carbocycles. The number of hydrogen-bond acceptors (Lipinski definition) is 4. The summed E-state index contributed by atoms with van der Waals surface area (Å²) in [6, 6.07) is 1.70. The van der Waals surface area contributed by atoms with E-state index in [0.29, 0.717) is 11.5 Å². The van der Waals surface area contributed by atoms with Crippen LogP contribution in [0.25, 0.3) is 0 Å². The molecule has 1 unspecified atom stereocenters. The average molecular weight is 272 g/mol. The third kappa shape index (κ3) is 3.55. The van der Waals surface area contributed by atoms with Crippen LogP contribution in [0.2, 0.25) is 0 Å². The van der Waals surface area contributed by atoms with Crippen LogP contribution < -0.4 is 4.72 Å². The number of aryl methyl sites for hydroxylation is 1. The number of nitrogens with one attached hydrogen (secondary N) is 1. The maximum Gasteiger partial charge on any atom is 0.217 e. The third-order valence-corrected chi connectivity index (χ3v) is 4.70. The van der Waals surface area contributed by atoms with Crippen molar-refractivity contribution in [2.24, 2.45) is 5.41 Å². The van der Waals surface area contributed by atoms with Gasteiger partial charge in [-0.15, -0.1) is 0 Å². The molecular formula is C12H20N2O3S. The van der Waals surface area contributed by atoms with Gasteiger partial charge >= 0.3 is 0 Å². The Kier molecular flexibility index (Phi) is 3.51. The predicted octanol–water partition coefficient (Wildman–Crippen LogP) is 1.98. The van der Waals surface area contributed by atoms with E-state index in [1.165, 1.54) is 0 Å². The molecule has 0 aromatic carbocycles. The Balaban J connectivity index is 1.96. The molecule has 0 amide bonds. The molecule has 0 aliphatic heterocycles. The Labute approximate surface area is 108 Å². The summed E-state index contributed by atoms with van der Waals surface area (Å²) in [6.07, 6.45) is 2.86. The molecule has 1 N–H and O–H groups in total. The smallest absolute Gasteiger partial charge is 0.217 e. The van der Waals surface area contributed by atoms with Gasteiger partial charge in [0.05, 0.1) is 0 Å². The van der Waals surface area contributed by atoms with Crippen molar-refractivity contribution in [3.05, 3.63) is 17.5 Å². The first-order valence-electron chi connectivity index (χ1n) is 6.18. The van der Waals surface area contributed by atoms with Gasteiger partial charge in [-0.05, 0) is 31.6 Å².